The number of phenols is 9. The lowest BCUT2D eigenvalue weighted by atomic mass is 9.75. The van der Waals surface area contributed by atoms with Crippen LogP contribution in [0.4, 0.5) is 0 Å². The minimum Gasteiger partial charge on any atom is -0.508 e. The minimum absolute atomic E-state index is 0.188. The van der Waals surface area contributed by atoms with E-state index in [2.05, 4.69) is 123 Å². The van der Waals surface area contributed by atoms with Gasteiger partial charge < -0.3 is 64.6 Å². The van der Waals surface area contributed by atoms with Gasteiger partial charge in [0, 0.05) is 28.1 Å². The molecule has 2 aliphatic heterocycles. The molecule has 0 aliphatic carbocycles. The van der Waals surface area contributed by atoms with Crippen LogP contribution in [-0.4, -0.2) is 82.6 Å². The smallest absolute Gasteiger partial charge is 0.495 e. The van der Waals surface area contributed by atoms with Crippen LogP contribution < -0.4 is 10.9 Å². The van der Waals surface area contributed by atoms with E-state index in [1.807, 2.05) is 146 Å². The molecule has 13 nitrogen and oxygen atoms in total. The fourth-order valence-corrected chi connectivity index (χ4v) is 12.7. The Bertz CT molecular complexity index is 4570. The van der Waals surface area contributed by atoms with Crippen molar-refractivity contribution in [3.05, 3.63) is 327 Å². The van der Waals surface area contributed by atoms with Gasteiger partial charge >= 0.3 is 14.2 Å². The van der Waals surface area contributed by atoms with Crippen LogP contribution in [-0.2, 0) is 70.0 Å². The van der Waals surface area contributed by atoms with Crippen molar-refractivity contribution in [2.75, 3.05) is 0 Å². The maximum Gasteiger partial charge on any atom is 0.495 e. The Morgan fingerprint density at radius 1 is 0.321 bits per heavy atom. The van der Waals surface area contributed by atoms with Crippen LogP contribution in [0.2, 0.25) is 0 Å². The van der Waals surface area contributed by atoms with Crippen LogP contribution in [0.25, 0.3) is 22.3 Å². The molecule has 0 saturated carbocycles. The Balaban J connectivity index is 0.000000232. The van der Waals surface area contributed by atoms with E-state index in [9.17, 15) is 30.6 Å². The topological polar surface area (TPSA) is 219 Å². The quantitative estimate of drug-likeness (QED) is 0.0197. The Labute approximate surface area is 684 Å². The number of rotatable bonds is 20. The zero-order valence-corrected chi connectivity index (χ0v) is 70.3. The number of hydrogen-bond donors (Lipinski definition) is 9. The van der Waals surface area contributed by atoms with Gasteiger partial charge in [0.15, 0.2) is 0 Å². The van der Waals surface area contributed by atoms with Crippen LogP contribution >= 0.6 is 70.4 Å². The molecule has 11 rings (SSSR count). The van der Waals surface area contributed by atoms with E-state index in [1.165, 1.54) is 0 Å². The summed E-state index contributed by atoms with van der Waals surface area (Å²) in [6.45, 7) is 45.8. The summed E-state index contributed by atoms with van der Waals surface area (Å²) in [5.41, 5.74) is 11.7. The highest BCUT2D eigenvalue weighted by Crippen LogP contribution is 2.40. The van der Waals surface area contributed by atoms with Gasteiger partial charge in [0.25, 0.3) is 0 Å². The maximum atomic E-state index is 10.1. The Hall–Kier alpha value is -8.76. The fourth-order valence-electron chi connectivity index (χ4n) is 11.0. The van der Waals surface area contributed by atoms with Crippen molar-refractivity contribution < 1.29 is 64.6 Å². The molecule has 0 unspecified atom stereocenters. The summed E-state index contributed by atoms with van der Waals surface area (Å²) < 4.78 is 28.0. The maximum absolute atomic E-state index is 10.1. The predicted molar refractivity (Wildman–Crippen MR) is 469 cm³/mol. The first-order valence-corrected chi connectivity index (χ1v) is 38.5. The molecule has 2 fully saturated rings. The second-order valence-electron chi connectivity index (χ2n) is 27.6. The largest absolute Gasteiger partial charge is 0.508 e. The van der Waals surface area contributed by atoms with Gasteiger partial charge in [0.05, 0.1) is 22.4 Å². The van der Waals surface area contributed by atoms with E-state index in [0.29, 0.717) is 42.7 Å². The number of hydrogen-bond acceptors (Lipinski definition) is 13. The SMILES string of the molecule is C=CCc1cc(O)cc(-c2cc(CC=C)ccc2O)c1.C=CCc1cc(O)cc(B2OC(C)(C)C(C)(C)O2)c1.C=CCc1cc(O)cc(Br)c1.C=CCc1cc(O)ccc1B1OC(C)(C)C(C)(C)O1.C=CCc1cc(O)ccc1Br.C=CCc1ccc(O)c(-c2ccc(O)cc2CC=C)c1.Oc1ccc(Br)c(I)c1. The highest BCUT2D eigenvalue weighted by atomic mass is 127. The van der Waals surface area contributed by atoms with Crippen molar-refractivity contribution in [1.29, 1.82) is 0 Å². The standard InChI is InChI=1S/2C18H18O2.2C15H21BO3.2C9H9BrO.C6H4BrIO/c1-3-5-13-7-10-18(20)17(11-13)16-9-8-15(19)12-14(16)6-4-2;1-3-5-13-7-8-18(20)17(11-13)15-9-14(6-4-2)10-16(19)12-15;1-6-7-11-8-12(10-13(17)9-11)16-18-14(2,3)15(4,5)19-16;1-6-7-11-10-12(17)8-9-13(11)16-18-14(2,3)15(4,5)19-16;1-2-3-7-4-8(10)6-9(11)5-7;1-2-3-7-6-8(11)4-5-9(7)10;7-5-2-1-4(9)3-6(5)8/h2*3-4,7-12,19-20H,1-2,5-6H2;2*6,8-10,17H,1,7H2,2-5H3;2*2,4-6,11H,1,3H2;1-3,9H. The summed E-state index contributed by atoms with van der Waals surface area (Å²) in [5, 5.41) is 86.1. The third kappa shape index (κ3) is 27.9. The summed E-state index contributed by atoms with van der Waals surface area (Å²) >= 11 is 12.1. The molecule has 0 spiro atoms. The third-order valence-electron chi connectivity index (χ3n) is 17.8. The molecular formula is C90H100B2Br3IO13. The molecule has 2 aliphatic rings. The van der Waals surface area contributed by atoms with Crippen molar-refractivity contribution in [2.45, 2.75) is 129 Å². The van der Waals surface area contributed by atoms with Crippen LogP contribution in [0.5, 0.6) is 51.7 Å². The molecule has 2 saturated heterocycles. The van der Waals surface area contributed by atoms with E-state index < -0.39 is 14.2 Å². The van der Waals surface area contributed by atoms with E-state index in [4.69, 9.17) is 33.9 Å². The second kappa shape index (κ2) is 43.0. The summed E-state index contributed by atoms with van der Waals surface area (Å²) in [6.07, 6.45) is 20.2. The first kappa shape index (κ1) is 90.9. The van der Waals surface area contributed by atoms with Crippen molar-refractivity contribution in [3.8, 4) is 74.0 Å². The van der Waals surface area contributed by atoms with Gasteiger partial charge in [-0.3, -0.25) is 0 Å². The molecule has 19 heteroatoms. The Kier molecular flexibility index (Phi) is 35.8. The van der Waals surface area contributed by atoms with Gasteiger partial charge in [-0.15, -0.1) is 52.6 Å². The van der Waals surface area contributed by atoms with E-state index in [1.54, 1.807) is 121 Å². The number of benzene rings is 9. The van der Waals surface area contributed by atoms with Gasteiger partial charge in [-0.2, -0.15) is 0 Å². The zero-order valence-electron chi connectivity index (χ0n) is 63.3. The van der Waals surface area contributed by atoms with Crippen LogP contribution in [0.15, 0.2) is 278 Å². The van der Waals surface area contributed by atoms with Gasteiger partial charge in [-0.25, -0.2) is 0 Å². The molecular weight excluding hydrogens is 1680 g/mol. The van der Waals surface area contributed by atoms with Crippen LogP contribution in [0.3, 0.4) is 0 Å². The van der Waals surface area contributed by atoms with E-state index in [0.717, 1.165) is 115 Å². The predicted octanol–water partition coefficient (Wildman–Crippen LogP) is 21.8. The van der Waals surface area contributed by atoms with Crippen molar-refractivity contribution >= 4 is 95.5 Å². The summed E-state index contributed by atoms with van der Waals surface area (Å²) in [6, 6.07) is 47.8. The van der Waals surface area contributed by atoms with Crippen LogP contribution in [0.1, 0.15) is 99.9 Å². The first-order chi connectivity index (χ1) is 51.5. The molecule has 572 valence electrons. The Morgan fingerprint density at radius 2 is 0.697 bits per heavy atom. The zero-order chi connectivity index (χ0) is 81.0. The molecule has 0 radical (unpaired) electrons. The number of allylic oxidation sites excluding steroid dienone is 8. The lowest BCUT2D eigenvalue weighted by Gasteiger charge is -2.32. The molecule has 2 heterocycles. The average molecular weight is 1780 g/mol. The third-order valence-corrected chi connectivity index (χ3v) is 21.4. The summed E-state index contributed by atoms with van der Waals surface area (Å²) in [4.78, 5) is 0. The van der Waals surface area contributed by atoms with Crippen molar-refractivity contribution in [2.24, 2.45) is 0 Å². The fraction of sp³-hybridized carbons (Fsp3) is 0.222. The monoisotopic (exact) mass is 1770 g/mol. The highest BCUT2D eigenvalue weighted by Gasteiger charge is 2.53. The molecule has 9 aromatic carbocycles. The van der Waals surface area contributed by atoms with E-state index >= 15 is 0 Å². The van der Waals surface area contributed by atoms with Gasteiger partial charge in [-0.05, 0) is 339 Å². The summed E-state index contributed by atoms with van der Waals surface area (Å²) in [5.74, 6) is 2.20. The molecule has 0 aromatic heterocycles. The molecule has 9 N–H and O–H groups in total. The molecule has 0 bridgehead atoms. The lowest BCUT2D eigenvalue weighted by molar-refractivity contribution is 0.00578. The van der Waals surface area contributed by atoms with Gasteiger partial charge in [0.1, 0.15) is 51.7 Å². The minimum atomic E-state index is -0.444. The second-order valence-corrected chi connectivity index (χ2v) is 31.3. The van der Waals surface area contributed by atoms with Gasteiger partial charge in [-0.1, -0.05) is 117 Å². The summed E-state index contributed by atoms with van der Waals surface area (Å²) in [7, 11) is -0.846. The number of phenolic OH excluding ortho intramolecular Hbond substituents is 9. The lowest BCUT2D eigenvalue weighted by Crippen LogP contribution is -2.41. The molecule has 0 amide bonds. The van der Waals surface area contributed by atoms with Crippen molar-refractivity contribution in [3.63, 3.8) is 0 Å². The average Bonchev–Trinajstić information content (AvgIpc) is 1.68. The van der Waals surface area contributed by atoms with Crippen LogP contribution in [0, 0.1) is 3.57 Å². The molecule has 9 aromatic rings. The van der Waals surface area contributed by atoms with Gasteiger partial charge in [0.2, 0.25) is 0 Å². The molecule has 0 atom stereocenters. The Morgan fingerprint density at radius 3 is 1.18 bits per heavy atom. The number of halogens is 4. The highest BCUT2D eigenvalue weighted by molar-refractivity contribution is 14.1. The molecule has 109 heavy (non-hydrogen) atoms. The number of aromatic hydroxyl groups is 9. The first-order valence-electron chi connectivity index (χ1n) is 35.1. The van der Waals surface area contributed by atoms with E-state index in [-0.39, 0.29) is 62.7 Å². The normalized spacial score (nSPS) is 13.6. The van der Waals surface area contributed by atoms with Crippen molar-refractivity contribution in [1.82, 2.24) is 0 Å².